The minimum absolute atomic E-state index is 0.0388. The van der Waals surface area contributed by atoms with Gasteiger partial charge in [-0.25, -0.2) is 0 Å². The van der Waals surface area contributed by atoms with E-state index in [1.165, 1.54) is 22.3 Å². The molecule has 68 heavy (non-hydrogen) atoms. The lowest BCUT2D eigenvalue weighted by Crippen LogP contribution is -2.54. The SMILES string of the molecule is O=C1CCC(N2C(=O)c3cccc(NCCOCCOCCC(=O)N4CCN(CC(=O)Nc5ccc(N(C(=O)CCl)C(C(=O)NCCc6ccccc6)c6cccs6)cc5)CC4)c3C2=O)C(=O)N1. The van der Waals surface area contributed by atoms with E-state index in [0.29, 0.717) is 67.6 Å². The summed E-state index contributed by atoms with van der Waals surface area (Å²) in [5.41, 5.74) is 2.84. The fourth-order valence-corrected chi connectivity index (χ4v) is 9.16. The predicted octanol–water partition coefficient (Wildman–Crippen LogP) is 3.44. The molecule has 0 saturated carbocycles. The number of halogens is 1. The van der Waals surface area contributed by atoms with Gasteiger partial charge in [-0.05, 0) is 66.2 Å². The zero-order valence-corrected chi connectivity index (χ0v) is 38.9. The molecule has 2 atom stereocenters. The van der Waals surface area contributed by atoms with Gasteiger partial charge in [0.1, 0.15) is 18.0 Å². The second kappa shape index (κ2) is 24.0. The summed E-state index contributed by atoms with van der Waals surface area (Å²) in [5, 5.41) is 13.0. The second-order valence-corrected chi connectivity index (χ2v) is 17.4. The van der Waals surface area contributed by atoms with E-state index >= 15 is 0 Å². The summed E-state index contributed by atoms with van der Waals surface area (Å²) in [5.74, 6) is -3.68. The number of rotatable bonds is 22. The zero-order valence-electron chi connectivity index (χ0n) is 37.3. The molecule has 358 valence electrons. The predicted molar refractivity (Wildman–Crippen MR) is 254 cm³/mol. The van der Waals surface area contributed by atoms with E-state index in [2.05, 4.69) is 21.3 Å². The Bertz CT molecular complexity index is 2450. The van der Waals surface area contributed by atoms with Gasteiger partial charge in [0.05, 0.1) is 50.5 Å². The van der Waals surface area contributed by atoms with Crippen LogP contribution in [0.5, 0.6) is 0 Å². The van der Waals surface area contributed by atoms with Crippen LogP contribution in [0.4, 0.5) is 17.1 Å². The van der Waals surface area contributed by atoms with Crippen molar-refractivity contribution in [1.29, 1.82) is 0 Å². The Morgan fingerprint density at radius 1 is 0.824 bits per heavy atom. The fourth-order valence-electron chi connectivity index (χ4n) is 8.22. The van der Waals surface area contributed by atoms with E-state index in [1.807, 2.05) is 52.7 Å². The number of ether oxygens (including phenoxy) is 2. The quantitative estimate of drug-likeness (QED) is 0.0507. The Labute approximate surface area is 402 Å². The molecule has 0 bridgehead atoms. The van der Waals surface area contributed by atoms with Gasteiger partial charge in [-0.2, -0.15) is 0 Å². The molecule has 0 radical (unpaired) electrons. The highest BCUT2D eigenvalue weighted by Gasteiger charge is 2.45. The third-order valence-corrected chi connectivity index (χ3v) is 12.8. The smallest absolute Gasteiger partial charge is 0.264 e. The molecule has 8 amide bonds. The van der Waals surface area contributed by atoms with E-state index in [4.69, 9.17) is 21.1 Å². The van der Waals surface area contributed by atoms with Crippen molar-refractivity contribution in [3.63, 3.8) is 0 Å². The molecule has 4 aromatic rings. The lowest BCUT2D eigenvalue weighted by atomic mass is 10.0. The molecule has 4 N–H and O–H groups in total. The zero-order chi connectivity index (χ0) is 48.0. The lowest BCUT2D eigenvalue weighted by molar-refractivity contribution is -0.137. The molecule has 2 fully saturated rings. The maximum Gasteiger partial charge on any atom is 0.264 e. The number of nitrogens with zero attached hydrogens (tertiary/aromatic N) is 4. The van der Waals surface area contributed by atoms with Crippen LogP contribution in [0, 0.1) is 0 Å². The van der Waals surface area contributed by atoms with Gasteiger partial charge in [-0.3, -0.25) is 58.4 Å². The molecule has 3 aliphatic heterocycles. The lowest BCUT2D eigenvalue weighted by Gasteiger charge is -2.34. The monoisotopic (exact) mass is 968 g/mol. The summed E-state index contributed by atoms with van der Waals surface area (Å²) >= 11 is 7.44. The highest BCUT2D eigenvalue weighted by atomic mass is 35.5. The van der Waals surface area contributed by atoms with Crippen LogP contribution < -0.4 is 26.2 Å². The van der Waals surface area contributed by atoms with E-state index in [-0.39, 0.29) is 87.0 Å². The minimum atomic E-state index is -1.05. The first kappa shape index (κ1) is 49.4. The molecule has 7 rings (SSSR count). The number of benzene rings is 3. The number of hydrogen-bond acceptors (Lipinski definition) is 13. The normalized spacial score (nSPS) is 16.5. The molecular formula is C48H53ClN8O10S. The third-order valence-electron chi connectivity index (χ3n) is 11.6. The average Bonchev–Trinajstić information content (AvgIpc) is 3.96. The molecular weight excluding hydrogens is 916 g/mol. The first-order chi connectivity index (χ1) is 33.0. The van der Waals surface area contributed by atoms with Gasteiger partial charge in [-0.15, -0.1) is 22.9 Å². The van der Waals surface area contributed by atoms with Crippen molar-refractivity contribution in [2.45, 2.75) is 37.8 Å². The summed E-state index contributed by atoms with van der Waals surface area (Å²) in [6.07, 6.45) is 0.937. The molecule has 2 saturated heterocycles. The number of piperidine rings is 1. The highest BCUT2D eigenvalue weighted by Crippen LogP contribution is 2.33. The van der Waals surface area contributed by atoms with Crippen molar-refractivity contribution in [2.24, 2.45) is 0 Å². The van der Waals surface area contributed by atoms with Gasteiger partial charge in [0, 0.05) is 67.6 Å². The van der Waals surface area contributed by atoms with Crippen LogP contribution in [0.1, 0.15) is 56.5 Å². The van der Waals surface area contributed by atoms with E-state index < -0.39 is 41.6 Å². The molecule has 0 spiro atoms. The van der Waals surface area contributed by atoms with Crippen molar-refractivity contribution in [2.75, 3.05) is 93.7 Å². The van der Waals surface area contributed by atoms with E-state index in [0.717, 1.165) is 10.5 Å². The number of imide groups is 2. The van der Waals surface area contributed by atoms with Crippen molar-refractivity contribution in [3.8, 4) is 0 Å². The number of alkyl halides is 1. The van der Waals surface area contributed by atoms with Gasteiger partial charge in [0.25, 0.3) is 11.8 Å². The van der Waals surface area contributed by atoms with Crippen molar-refractivity contribution in [1.82, 2.24) is 25.3 Å². The molecule has 4 heterocycles. The Balaban J connectivity index is 0.777. The summed E-state index contributed by atoms with van der Waals surface area (Å²) in [7, 11) is 0. The van der Waals surface area contributed by atoms with Crippen LogP contribution in [-0.2, 0) is 44.7 Å². The molecule has 3 aromatic carbocycles. The number of carbonyl (C=O) groups excluding carboxylic acids is 8. The van der Waals surface area contributed by atoms with Crippen molar-refractivity contribution < 1.29 is 47.8 Å². The topological polar surface area (TPSA) is 216 Å². The van der Waals surface area contributed by atoms with Gasteiger partial charge in [-0.1, -0.05) is 42.5 Å². The van der Waals surface area contributed by atoms with E-state index in [9.17, 15) is 38.4 Å². The molecule has 0 aliphatic carbocycles. The van der Waals surface area contributed by atoms with E-state index in [1.54, 1.807) is 41.3 Å². The van der Waals surface area contributed by atoms with Crippen molar-refractivity contribution >= 4 is 87.3 Å². The number of thiophene rings is 1. The van der Waals surface area contributed by atoms with Crippen LogP contribution in [0.25, 0.3) is 0 Å². The van der Waals surface area contributed by atoms with Gasteiger partial charge < -0.3 is 30.3 Å². The molecule has 1 aromatic heterocycles. The van der Waals surface area contributed by atoms with Crippen LogP contribution in [-0.4, -0.2) is 146 Å². The summed E-state index contributed by atoms with van der Waals surface area (Å²) in [4.78, 5) is 110. The number of fused-ring (bicyclic) bond motifs is 1. The second-order valence-electron chi connectivity index (χ2n) is 16.2. The Hall–Kier alpha value is -6.51. The number of nitrogens with one attached hydrogen (secondary N) is 4. The molecule has 2 unspecified atom stereocenters. The maximum absolute atomic E-state index is 13.7. The van der Waals surface area contributed by atoms with Crippen LogP contribution in [0.15, 0.2) is 90.3 Å². The number of carbonyl (C=O) groups is 8. The van der Waals surface area contributed by atoms with Gasteiger partial charge in [0.15, 0.2) is 0 Å². The minimum Gasteiger partial charge on any atom is -0.382 e. The fraction of sp³-hybridized carbons (Fsp3) is 0.375. The maximum atomic E-state index is 13.7. The number of anilines is 3. The Kier molecular flexibility index (Phi) is 17.4. The molecule has 3 aliphatic rings. The molecule has 20 heteroatoms. The highest BCUT2D eigenvalue weighted by molar-refractivity contribution is 7.10. The Morgan fingerprint density at radius 2 is 1.57 bits per heavy atom. The number of amides is 8. The first-order valence-electron chi connectivity index (χ1n) is 22.4. The molecule has 18 nitrogen and oxygen atoms in total. The van der Waals surface area contributed by atoms with Crippen LogP contribution >= 0.6 is 22.9 Å². The summed E-state index contributed by atoms with van der Waals surface area (Å²) < 4.78 is 11.3. The summed E-state index contributed by atoms with van der Waals surface area (Å²) in [6, 6.07) is 23.0. The van der Waals surface area contributed by atoms with Gasteiger partial charge >= 0.3 is 0 Å². The Morgan fingerprint density at radius 3 is 2.28 bits per heavy atom. The summed E-state index contributed by atoms with van der Waals surface area (Å²) in [6.45, 7) is 3.80. The van der Waals surface area contributed by atoms with Gasteiger partial charge in [0.2, 0.25) is 35.4 Å². The third kappa shape index (κ3) is 12.5. The van der Waals surface area contributed by atoms with Crippen molar-refractivity contribution in [3.05, 3.63) is 112 Å². The standard InChI is InChI=1S/C48H53ClN8O10S/c49-30-42(61)56(44(38-10-5-29-68-38)46(63)51-19-17-32-6-2-1-3-7-32)34-13-11-33(12-14-34)52-40(59)31-54-21-23-55(24-22-54)41(60)18-25-66-27-28-67-26-20-50-36-9-4-8-35-43(36)48(65)57(47(35)64)37-15-16-39(58)53-45(37)62/h1-14,29,37,44,50H,15-28,30-31H2,(H,51,63)(H,52,59)(H,53,58,62). The number of hydrogen-bond donors (Lipinski definition) is 4. The number of piperazine rings is 1. The van der Waals surface area contributed by atoms with Crippen LogP contribution in [0.3, 0.4) is 0 Å². The largest absolute Gasteiger partial charge is 0.382 e. The average molecular weight is 970 g/mol. The van der Waals surface area contributed by atoms with Crippen LogP contribution in [0.2, 0.25) is 0 Å². The first-order valence-corrected chi connectivity index (χ1v) is 23.8.